The van der Waals surface area contributed by atoms with Gasteiger partial charge in [0.25, 0.3) is 11.5 Å². The molecule has 9 heteroatoms. The Morgan fingerprint density at radius 1 is 1.12 bits per heavy atom. The summed E-state index contributed by atoms with van der Waals surface area (Å²) in [5.74, 6) is 0.691. The minimum absolute atomic E-state index is 0.155. The Labute approximate surface area is 187 Å². The summed E-state index contributed by atoms with van der Waals surface area (Å²) in [5.41, 5.74) is 2.39. The number of aryl methyl sites for hydroxylation is 1. The van der Waals surface area contributed by atoms with E-state index in [9.17, 15) is 9.90 Å². The van der Waals surface area contributed by atoms with Crippen LogP contribution in [0.4, 0.5) is 0 Å². The van der Waals surface area contributed by atoms with Gasteiger partial charge in [-0.15, -0.1) is 0 Å². The van der Waals surface area contributed by atoms with Crippen LogP contribution < -0.4 is 10.1 Å². The third kappa shape index (κ3) is 3.50. The third-order valence-corrected chi connectivity index (χ3v) is 5.32. The molecule has 4 heterocycles. The minimum Gasteiger partial charge on any atom is -0.477 e. The molecule has 0 unspecified atom stereocenters. The Morgan fingerprint density at radius 3 is 2.72 bits per heavy atom. The minimum atomic E-state index is -0.343. The SMILES string of the molecule is Cc1nc(-c2cccc(-c3c(O)[n+](Cc4ccc(Cl)nc4)c4ccccn4c3=O)c2)no1. The van der Waals surface area contributed by atoms with Crippen LogP contribution in [0, 0.1) is 6.92 Å². The fourth-order valence-corrected chi connectivity index (χ4v) is 3.72. The van der Waals surface area contributed by atoms with Crippen molar-refractivity contribution >= 4 is 17.2 Å². The molecule has 1 N–H and O–H groups in total. The molecule has 8 nitrogen and oxygen atoms in total. The smallest absolute Gasteiger partial charge is 0.354 e. The monoisotopic (exact) mass is 446 g/mol. The van der Waals surface area contributed by atoms with Crippen molar-refractivity contribution in [3.05, 3.63) is 94.0 Å². The number of aromatic hydroxyl groups is 1. The number of benzene rings is 1. The predicted molar refractivity (Wildman–Crippen MR) is 117 cm³/mol. The summed E-state index contributed by atoms with van der Waals surface area (Å²) in [7, 11) is 0. The first kappa shape index (κ1) is 19.9. The van der Waals surface area contributed by atoms with Crippen LogP contribution in [0.5, 0.6) is 5.88 Å². The molecule has 0 aliphatic rings. The number of aromatic nitrogens is 5. The summed E-state index contributed by atoms with van der Waals surface area (Å²) in [5, 5.41) is 15.6. The van der Waals surface area contributed by atoms with Crippen LogP contribution in [0.2, 0.25) is 5.15 Å². The summed E-state index contributed by atoms with van der Waals surface area (Å²) in [6.07, 6.45) is 3.31. The summed E-state index contributed by atoms with van der Waals surface area (Å²) in [6, 6.07) is 16.0. The standard InChI is InChI=1S/C23H16ClN5O3/c1-14-26-21(27-32-14)17-6-4-5-16(11-17)20-22(30)28-10-3-2-7-19(28)29(23(20)31)13-15-8-9-18(24)25-12-15/h2-12H,13H2,1H3/p+1. The van der Waals surface area contributed by atoms with Gasteiger partial charge in [-0.2, -0.15) is 14.0 Å². The van der Waals surface area contributed by atoms with Crippen molar-refractivity contribution in [2.24, 2.45) is 0 Å². The van der Waals surface area contributed by atoms with Gasteiger partial charge in [-0.05, 0) is 23.8 Å². The number of rotatable bonds is 4. The highest BCUT2D eigenvalue weighted by Gasteiger charge is 2.25. The van der Waals surface area contributed by atoms with Crippen LogP contribution in [0.1, 0.15) is 11.5 Å². The molecule has 4 aromatic heterocycles. The average molecular weight is 447 g/mol. The number of pyridine rings is 2. The molecule has 1 aromatic carbocycles. The van der Waals surface area contributed by atoms with Gasteiger partial charge >= 0.3 is 5.56 Å². The van der Waals surface area contributed by atoms with Crippen molar-refractivity contribution < 1.29 is 14.2 Å². The summed E-state index contributed by atoms with van der Waals surface area (Å²) < 4.78 is 8.23. The lowest BCUT2D eigenvalue weighted by atomic mass is 10.0. The number of hydrogen-bond acceptors (Lipinski definition) is 6. The van der Waals surface area contributed by atoms with Crippen molar-refractivity contribution in [3.8, 4) is 28.4 Å². The highest BCUT2D eigenvalue weighted by molar-refractivity contribution is 6.29. The van der Waals surface area contributed by atoms with Gasteiger partial charge in [-0.25, -0.2) is 9.78 Å². The largest absolute Gasteiger partial charge is 0.477 e. The Kier molecular flexibility index (Phi) is 4.91. The van der Waals surface area contributed by atoms with E-state index in [0.717, 1.165) is 5.56 Å². The third-order valence-electron chi connectivity index (χ3n) is 5.09. The zero-order chi connectivity index (χ0) is 22.2. The second-order valence-electron chi connectivity index (χ2n) is 7.23. The van der Waals surface area contributed by atoms with Gasteiger partial charge in [0.15, 0.2) is 5.56 Å². The molecule has 0 bridgehead atoms. The van der Waals surface area contributed by atoms with E-state index in [0.29, 0.717) is 40.2 Å². The Balaban J connectivity index is 1.72. The molecule has 0 atom stereocenters. The summed E-state index contributed by atoms with van der Waals surface area (Å²) in [4.78, 5) is 21.7. The average Bonchev–Trinajstić information content (AvgIpc) is 3.25. The second kappa shape index (κ2) is 7.90. The first-order valence-electron chi connectivity index (χ1n) is 9.79. The van der Waals surface area contributed by atoms with Crippen molar-refractivity contribution in [1.82, 2.24) is 19.5 Å². The van der Waals surface area contributed by atoms with Crippen LogP contribution in [0.3, 0.4) is 0 Å². The van der Waals surface area contributed by atoms with E-state index in [4.69, 9.17) is 16.1 Å². The first-order valence-corrected chi connectivity index (χ1v) is 10.2. The van der Waals surface area contributed by atoms with Crippen LogP contribution in [0.25, 0.3) is 28.2 Å². The number of halogens is 1. The topological polar surface area (TPSA) is 97.4 Å². The van der Waals surface area contributed by atoms with E-state index in [1.165, 1.54) is 4.40 Å². The van der Waals surface area contributed by atoms with E-state index in [1.54, 1.807) is 60.3 Å². The number of fused-ring (bicyclic) bond motifs is 1. The summed E-state index contributed by atoms with van der Waals surface area (Å²) >= 11 is 5.90. The van der Waals surface area contributed by atoms with Crippen LogP contribution in [0.15, 0.2) is 76.3 Å². The van der Waals surface area contributed by atoms with Crippen molar-refractivity contribution in [1.29, 1.82) is 0 Å². The van der Waals surface area contributed by atoms with Crippen LogP contribution in [-0.2, 0) is 6.54 Å². The maximum absolute atomic E-state index is 13.4. The molecule has 158 valence electrons. The molecule has 32 heavy (non-hydrogen) atoms. The quantitative estimate of drug-likeness (QED) is 0.335. The number of hydrogen-bond donors (Lipinski definition) is 1. The lowest BCUT2D eigenvalue weighted by Gasteiger charge is -2.10. The van der Waals surface area contributed by atoms with Crippen LogP contribution in [-0.4, -0.2) is 24.6 Å². The maximum atomic E-state index is 13.4. The van der Waals surface area contributed by atoms with Gasteiger partial charge in [0.2, 0.25) is 11.7 Å². The predicted octanol–water partition coefficient (Wildman–Crippen LogP) is 3.41. The molecule has 0 saturated carbocycles. The molecule has 0 amide bonds. The summed E-state index contributed by atoms with van der Waals surface area (Å²) in [6.45, 7) is 2.00. The normalized spacial score (nSPS) is 11.2. The number of nitrogens with zero attached hydrogens (tertiary/aromatic N) is 5. The van der Waals surface area contributed by atoms with Gasteiger partial charge in [0.05, 0.1) is 6.20 Å². The fourth-order valence-electron chi connectivity index (χ4n) is 3.61. The Bertz CT molecular complexity index is 1510. The Hall–Kier alpha value is -4.04. The molecule has 5 aromatic rings. The molecule has 0 saturated heterocycles. The molecule has 0 aliphatic heterocycles. The van der Waals surface area contributed by atoms with E-state index >= 15 is 0 Å². The lowest BCUT2D eigenvalue weighted by Crippen LogP contribution is -2.41. The zero-order valence-corrected chi connectivity index (χ0v) is 17.7. The Morgan fingerprint density at radius 2 is 1.97 bits per heavy atom. The highest BCUT2D eigenvalue weighted by atomic mass is 35.5. The van der Waals surface area contributed by atoms with Crippen molar-refractivity contribution in [3.63, 3.8) is 0 Å². The van der Waals surface area contributed by atoms with Gasteiger partial charge in [-0.1, -0.05) is 47.1 Å². The lowest BCUT2D eigenvalue weighted by molar-refractivity contribution is -0.671. The molecule has 0 fully saturated rings. The van der Waals surface area contributed by atoms with E-state index in [2.05, 4.69) is 15.1 Å². The molecular weight excluding hydrogens is 430 g/mol. The first-order chi connectivity index (χ1) is 15.5. The van der Waals surface area contributed by atoms with Gasteiger partial charge in [-0.3, -0.25) is 0 Å². The maximum Gasteiger partial charge on any atom is 0.354 e. The van der Waals surface area contributed by atoms with Crippen molar-refractivity contribution in [2.45, 2.75) is 13.5 Å². The highest BCUT2D eigenvalue weighted by Crippen LogP contribution is 2.27. The molecule has 0 radical (unpaired) electrons. The second-order valence-corrected chi connectivity index (χ2v) is 7.61. The van der Waals surface area contributed by atoms with E-state index < -0.39 is 0 Å². The van der Waals surface area contributed by atoms with Crippen LogP contribution >= 0.6 is 11.6 Å². The molecular formula is C23H17ClN5O3+. The van der Waals surface area contributed by atoms with E-state index in [-0.39, 0.29) is 17.0 Å². The fraction of sp³-hybridized carbons (Fsp3) is 0.0870. The zero-order valence-electron chi connectivity index (χ0n) is 16.9. The molecule has 0 spiro atoms. The molecule has 5 rings (SSSR count). The van der Waals surface area contributed by atoms with Gasteiger partial charge in [0, 0.05) is 30.3 Å². The molecule has 0 aliphatic carbocycles. The van der Waals surface area contributed by atoms with E-state index in [1.807, 2.05) is 18.2 Å². The van der Waals surface area contributed by atoms with Gasteiger partial charge < -0.3 is 9.63 Å². The van der Waals surface area contributed by atoms with Gasteiger partial charge in [0.1, 0.15) is 11.7 Å². The van der Waals surface area contributed by atoms with Crippen molar-refractivity contribution in [2.75, 3.05) is 0 Å².